The average Bonchev–Trinajstić information content (AvgIpc) is 2.77. The first-order valence-corrected chi connectivity index (χ1v) is 6.97. The summed E-state index contributed by atoms with van der Waals surface area (Å²) in [5.41, 5.74) is 6.88. The van der Waals surface area contributed by atoms with E-state index in [1.807, 2.05) is 13.8 Å². The fraction of sp³-hybridized carbons (Fsp3) is 0.714. The Hall–Kier alpha value is -1.32. The average molecular weight is 248 g/mol. The van der Waals surface area contributed by atoms with Crippen molar-refractivity contribution in [3.63, 3.8) is 0 Å². The smallest absolute Gasteiger partial charge is 0.134 e. The minimum Gasteiger partial charge on any atom is -0.383 e. The predicted octanol–water partition coefficient (Wildman–Crippen LogP) is 2.78. The summed E-state index contributed by atoms with van der Waals surface area (Å²) in [4.78, 5) is 8.80. The van der Waals surface area contributed by atoms with E-state index in [0.717, 1.165) is 42.0 Å². The molecule has 0 aliphatic heterocycles. The quantitative estimate of drug-likeness (QED) is 0.860. The van der Waals surface area contributed by atoms with Crippen LogP contribution < -0.4 is 11.1 Å². The molecule has 0 amide bonds. The van der Waals surface area contributed by atoms with Crippen molar-refractivity contribution < 1.29 is 0 Å². The van der Waals surface area contributed by atoms with Gasteiger partial charge in [0, 0.05) is 18.5 Å². The van der Waals surface area contributed by atoms with Crippen LogP contribution in [0.25, 0.3) is 0 Å². The van der Waals surface area contributed by atoms with Crippen LogP contribution in [0.5, 0.6) is 0 Å². The number of nitrogen functional groups attached to an aromatic ring is 1. The van der Waals surface area contributed by atoms with Gasteiger partial charge in [-0.3, -0.25) is 0 Å². The van der Waals surface area contributed by atoms with Crippen molar-refractivity contribution in [2.45, 2.75) is 46.5 Å². The Morgan fingerprint density at radius 1 is 1.33 bits per heavy atom. The van der Waals surface area contributed by atoms with Gasteiger partial charge in [0.05, 0.1) is 0 Å². The molecule has 0 spiro atoms. The number of hydrogen-bond acceptors (Lipinski definition) is 4. The Morgan fingerprint density at radius 2 is 2.11 bits per heavy atom. The molecule has 1 heterocycles. The summed E-state index contributed by atoms with van der Waals surface area (Å²) in [6.45, 7) is 7.37. The number of rotatable bonds is 4. The fourth-order valence-electron chi connectivity index (χ4n) is 2.66. The van der Waals surface area contributed by atoms with Crippen LogP contribution in [0, 0.1) is 18.8 Å². The number of nitrogens with zero attached hydrogens (tertiary/aromatic N) is 2. The molecule has 0 bridgehead atoms. The van der Waals surface area contributed by atoms with E-state index in [1.165, 1.54) is 19.3 Å². The molecule has 4 heteroatoms. The molecular weight excluding hydrogens is 224 g/mol. The normalized spacial score (nSPS) is 23.3. The van der Waals surface area contributed by atoms with Gasteiger partial charge in [0.2, 0.25) is 0 Å². The van der Waals surface area contributed by atoms with Crippen LogP contribution in [0.4, 0.5) is 11.6 Å². The van der Waals surface area contributed by atoms with Crippen LogP contribution in [-0.4, -0.2) is 16.5 Å². The van der Waals surface area contributed by atoms with Gasteiger partial charge >= 0.3 is 0 Å². The Bertz CT molecular complexity index is 417. The van der Waals surface area contributed by atoms with Crippen molar-refractivity contribution in [2.24, 2.45) is 11.8 Å². The lowest BCUT2D eigenvalue weighted by Crippen LogP contribution is -2.15. The van der Waals surface area contributed by atoms with Crippen molar-refractivity contribution in [3.05, 3.63) is 11.4 Å². The van der Waals surface area contributed by atoms with Crippen molar-refractivity contribution in [2.75, 3.05) is 17.6 Å². The first kappa shape index (κ1) is 13.1. The van der Waals surface area contributed by atoms with Crippen molar-refractivity contribution in [1.82, 2.24) is 9.97 Å². The molecule has 1 aromatic rings. The summed E-state index contributed by atoms with van der Waals surface area (Å²) in [5, 5.41) is 3.46. The lowest BCUT2D eigenvalue weighted by molar-refractivity contribution is 0.536. The standard InChI is InChI=1S/C14H24N4/c1-4-12-17-13(15)10(3)14(18-12)16-8-11-6-5-9(2)7-11/h9,11H,4-8H2,1-3H3,(H3,15,16,17,18). The minimum atomic E-state index is 0.601. The number of hydrogen-bond donors (Lipinski definition) is 2. The van der Waals surface area contributed by atoms with Gasteiger partial charge in [-0.05, 0) is 31.6 Å². The summed E-state index contributed by atoms with van der Waals surface area (Å²) in [7, 11) is 0. The van der Waals surface area contributed by atoms with Gasteiger partial charge in [0.15, 0.2) is 0 Å². The third-order valence-electron chi connectivity index (χ3n) is 3.91. The molecule has 2 rings (SSSR count). The van der Waals surface area contributed by atoms with Crippen LogP contribution in [0.1, 0.15) is 44.5 Å². The molecule has 1 aliphatic rings. The molecule has 2 unspecified atom stereocenters. The van der Waals surface area contributed by atoms with Gasteiger partial charge < -0.3 is 11.1 Å². The topological polar surface area (TPSA) is 63.8 Å². The Morgan fingerprint density at radius 3 is 2.72 bits per heavy atom. The summed E-state index contributed by atoms with van der Waals surface area (Å²) in [5.74, 6) is 3.99. The highest BCUT2D eigenvalue weighted by molar-refractivity contribution is 5.54. The summed E-state index contributed by atoms with van der Waals surface area (Å²) < 4.78 is 0. The minimum absolute atomic E-state index is 0.601. The van der Waals surface area contributed by atoms with E-state index in [0.29, 0.717) is 5.82 Å². The Labute approximate surface area is 109 Å². The molecule has 18 heavy (non-hydrogen) atoms. The van der Waals surface area contributed by atoms with E-state index in [-0.39, 0.29) is 0 Å². The maximum absolute atomic E-state index is 5.91. The summed E-state index contributed by atoms with van der Waals surface area (Å²) in [6, 6.07) is 0. The highest BCUT2D eigenvalue weighted by Gasteiger charge is 2.21. The van der Waals surface area contributed by atoms with Crippen LogP contribution >= 0.6 is 0 Å². The highest BCUT2D eigenvalue weighted by atomic mass is 15.1. The molecule has 1 aliphatic carbocycles. The van der Waals surface area contributed by atoms with Crippen molar-refractivity contribution in [3.8, 4) is 0 Å². The molecule has 1 aromatic heterocycles. The van der Waals surface area contributed by atoms with E-state index >= 15 is 0 Å². The van der Waals surface area contributed by atoms with Gasteiger partial charge in [-0.2, -0.15) is 0 Å². The number of anilines is 2. The summed E-state index contributed by atoms with van der Waals surface area (Å²) >= 11 is 0. The van der Waals surface area contributed by atoms with Gasteiger partial charge in [-0.15, -0.1) is 0 Å². The fourth-order valence-corrected chi connectivity index (χ4v) is 2.66. The van der Waals surface area contributed by atoms with E-state index < -0.39 is 0 Å². The SMILES string of the molecule is CCc1nc(N)c(C)c(NCC2CCC(C)C2)n1. The van der Waals surface area contributed by atoms with Crippen LogP contribution in [-0.2, 0) is 6.42 Å². The second kappa shape index (κ2) is 5.55. The molecule has 1 fully saturated rings. The van der Waals surface area contributed by atoms with E-state index in [9.17, 15) is 0 Å². The third kappa shape index (κ3) is 2.92. The van der Waals surface area contributed by atoms with Crippen LogP contribution in [0.2, 0.25) is 0 Å². The lowest BCUT2D eigenvalue weighted by Gasteiger charge is -2.15. The second-order valence-corrected chi connectivity index (χ2v) is 5.52. The van der Waals surface area contributed by atoms with Crippen LogP contribution in [0.15, 0.2) is 0 Å². The largest absolute Gasteiger partial charge is 0.383 e. The first-order chi connectivity index (χ1) is 8.60. The molecule has 4 nitrogen and oxygen atoms in total. The molecule has 0 aromatic carbocycles. The number of aromatic nitrogens is 2. The van der Waals surface area contributed by atoms with Gasteiger partial charge in [-0.1, -0.05) is 20.3 Å². The van der Waals surface area contributed by atoms with Crippen molar-refractivity contribution in [1.29, 1.82) is 0 Å². The zero-order valence-electron chi connectivity index (χ0n) is 11.7. The maximum atomic E-state index is 5.91. The molecule has 0 radical (unpaired) electrons. The van der Waals surface area contributed by atoms with Gasteiger partial charge in [0.25, 0.3) is 0 Å². The van der Waals surface area contributed by atoms with E-state index in [4.69, 9.17) is 5.73 Å². The molecule has 0 saturated heterocycles. The second-order valence-electron chi connectivity index (χ2n) is 5.52. The third-order valence-corrected chi connectivity index (χ3v) is 3.91. The Kier molecular flexibility index (Phi) is 4.04. The lowest BCUT2D eigenvalue weighted by atomic mass is 10.1. The van der Waals surface area contributed by atoms with E-state index in [2.05, 4.69) is 22.2 Å². The maximum Gasteiger partial charge on any atom is 0.134 e. The molecule has 100 valence electrons. The molecular formula is C14H24N4. The summed E-state index contributed by atoms with van der Waals surface area (Å²) in [6.07, 6.45) is 4.83. The number of aryl methyl sites for hydroxylation is 1. The molecule has 2 atom stereocenters. The number of nitrogens with two attached hydrogens (primary N) is 1. The molecule has 3 N–H and O–H groups in total. The number of nitrogens with one attached hydrogen (secondary N) is 1. The van der Waals surface area contributed by atoms with E-state index in [1.54, 1.807) is 0 Å². The Balaban J connectivity index is 2.02. The highest BCUT2D eigenvalue weighted by Crippen LogP contribution is 2.30. The zero-order valence-corrected chi connectivity index (χ0v) is 11.7. The van der Waals surface area contributed by atoms with Crippen molar-refractivity contribution >= 4 is 11.6 Å². The zero-order chi connectivity index (χ0) is 13.1. The first-order valence-electron chi connectivity index (χ1n) is 6.97. The van der Waals surface area contributed by atoms with Gasteiger partial charge in [0.1, 0.15) is 17.5 Å². The predicted molar refractivity (Wildman–Crippen MR) is 75.6 cm³/mol. The van der Waals surface area contributed by atoms with Crippen LogP contribution in [0.3, 0.4) is 0 Å². The monoisotopic (exact) mass is 248 g/mol. The van der Waals surface area contributed by atoms with Gasteiger partial charge in [-0.25, -0.2) is 9.97 Å². The molecule has 1 saturated carbocycles.